The number of hydrogen-bond acceptors (Lipinski definition) is 2. The van der Waals surface area contributed by atoms with Crippen LogP contribution in [-0.4, -0.2) is 35.6 Å². The van der Waals surface area contributed by atoms with Crippen LogP contribution in [0.3, 0.4) is 0 Å². The lowest BCUT2D eigenvalue weighted by Gasteiger charge is -2.50. The monoisotopic (exact) mass is 290 g/mol. The van der Waals surface area contributed by atoms with Crippen LogP contribution in [-0.2, 0) is 4.79 Å². The number of carbonyl (C=O) groups is 1. The summed E-state index contributed by atoms with van der Waals surface area (Å²) in [4.78, 5) is 13.9. The molecular formula is C14H21F3N2O. The molecule has 0 aromatic carbocycles. The van der Waals surface area contributed by atoms with Gasteiger partial charge >= 0.3 is 6.18 Å². The van der Waals surface area contributed by atoms with E-state index in [4.69, 9.17) is 5.73 Å². The summed E-state index contributed by atoms with van der Waals surface area (Å²) >= 11 is 0. The first-order chi connectivity index (χ1) is 9.31. The van der Waals surface area contributed by atoms with Crippen molar-refractivity contribution in [1.82, 2.24) is 4.90 Å². The SMILES string of the molecule is NC1(C2CC2)CN(C(=O)C2CCCCC2C(F)(F)F)C1. The van der Waals surface area contributed by atoms with Gasteiger partial charge in [0.25, 0.3) is 0 Å². The molecule has 1 saturated heterocycles. The minimum absolute atomic E-state index is 0.0874. The van der Waals surface area contributed by atoms with Gasteiger partial charge in [0.05, 0.1) is 11.5 Å². The zero-order valence-corrected chi connectivity index (χ0v) is 11.5. The molecule has 6 heteroatoms. The van der Waals surface area contributed by atoms with E-state index in [0.29, 0.717) is 38.3 Å². The molecule has 1 heterocycles. The number of alkyl halides is 3. The molecular weight excluding hydrogens is 269 g/mol. The summed E-state index contributed by atoms with van der Waals surface area (Å²) < 4.78 is 39.1. The van der Waals surface area contributed by atoms with Crippen molar-refractivity contribution in [2.75, 3.05) is 13.1 Å². The number of nitrogens with two attached hydrogens (primary N) is 1. The van der Waals surface area contributed by atoms with Crippen LogP contribution in [0.1, 0.15) is 38.5 Å². The van der Waals surface area contributed by atoms with Gasteiger partial charge in [-0.2, -0.15) is 13.2 Å². The average molecular weight is 290 g/mol. The Labute approximate surface area is 116 Å². The summed E-state index contributed by atoms with van der Waals surface area (Å²) in [5, 5.41) is 0. The van der Waals surface area contributed by atoms with Crippen molar-refractivity contribution in [2.45, 2.75) is 50.2 Å². The maximum absolute atomic E-state index is 13.0. The molecule has 2 aliphatic carbocycles. The maximum Gasteiger partial charge on any atom is 0.392 e. The first kappa shape index (κ1) is 14.2. The lowest BCUT2D eigenvalue weighted by atomic mass is 9.76. The van der Waals surface area contributed by atoms with Crippen molar-refractivity contribution in [3.63, 3.8) is 0 Å². The fourth-order valence-corrected chi connectivity index (χ4v) is 3.79. The molecule has 2 saturated carbocycles. The van der Waals surface area contributed by atoms with E-state index in [9.17, 15) is 18.0 Å². The second kappa shape index (κ2) is 4.61. The van der Waals surface area contributed by atoms with Crippen LogP contribution in [0.15, 0.2) is 0 Å². The second-order valence-corrected chi connectivity index (χ2v) is 6.74. The van der Waals surface area contributed by atoms with Gasteiger partial charge in [-0.1, -0.05) is 12.8 Å². The third kappa shape index (κ3) is 2.43. The fraction of sp³-hybridized carbons (Fsp3) is 0.929. The Balaban J connectivity index is 1.64. The molecule has 1 amide bonds. The third-order valence-electron chi connectivity index (χ3n) is 5.18. The Morgan fingerprint density at radius 2 is 1.70 bits per heavy atom. The zero-order valence-electron chi connectivity index (χ0n) is 11.5. The smallest absolute Gasteiger partial charge is 0.339 e. The molecule has 3 rings (SSSR count). The molecule has 0 spiro atoms. The van der Waals surface area contributed by atoms with Gasteiger partial charge in [-0.15, -0.1) is 0 Å². The van der Waals surface area contributed by atoms with Crippen molar-refractivity contribution in [1.29, 1.82) is 0 Å². The highest BCUT2D eigenvalue weighted by Gasteiger charge is 2.55. The second-order valence-electron chi connectivity index (χ2n) is 6.74. The quantitative estimate of drug-likeness (QED) is 0.848. The first-order valence-electron chi connectivity index (χ1n) is 7.46. The van der Waals surface area contributed by atoms with E-state index in [1.165, 1.54) is 0 Å². The van der Waals surface area contributed by atoms with Crippen LogP contribution in [0.4, 0.5) is 13.2 Å². The van der Waals surface area contributed by atoms with E-state index < -0.39 is 18.0 Å². The third-order valence-corrected chi connectivity index (χ3v) is 5.18. The molecule has 3 aliphatic rings. The van der Waals surface area contributed by atoms with Crippen molar-refractivity contribution >= 4 is 5.91 Å². The van der Waals surface area contributed by atoms with E-state index in [-0.39, 0.29) is 17.9 Å². The van der Waals surface area contributed by atoms with Crippen LogP contribution in [0, 0.1) is 17.8 Å². The molecule has 20 heavy (non-hydrogen) atoms. The Bertz CT molecular complexity index is 400. The normalized spacial score (nSPS) is 33.7. The molecule has 114 valence electrons. The van der Waals surface area contributed by atoms with Crippen LogP contribution < -0.4 is 5.73 Å². The van der Waals surface area contributed by atoms with Crippen molar-refractivity contribution in [3.05, 3.63) is 0 Å². The topological polar surface area (TPSA) is 46.3 Å². The molecule has 2 atom stereocenters. The lowest BCUT2D eigenvalue weighted by Crippen LogP contribution is -2.71. The van der Waals surface area contributed by atoms with Gasteiger partial charge in [0.2, 0.25) is 5.91 Å². The Morgan fingerprint density at radius 3 is 2.25 bits per heavy atom. The van der Waals surface area contributed by atoms with Crippen LogP contribution in [0.5, 0.6) is 0 Å². The molecule has 0 radical (unpaired) electrons. The molecule has 0 aromatic heterocycles. The standard InChI is InChI=1S/C14H21F3N2O/c15-14(16,17)11-4-2-1-3-10(11)12(20)19-7-13(18,8-19)9-5-6-9/h9-11H,1-8,18H2. The number of carbonyl (C=O) groups excluding carboxylic acids is 1. The van der Waals surface area contributed by atoms with Crippen LogP contribution in [0.2, 0.25) is 0 Å². The van der Waals surface area contributed by atoms with Crippen LogP contribution in [0.25, 0.3) is 0 Å². The number of rotatable bonds is 2. The summed E-state index contributed by atoms with van der Waals surface area (Å²) in [5.41, 5.74) is 5.85. The highest BCUT2D eigenvalue weighted by atomic mass is 19.4. The molecule has 2 N–H and O–H groups in total. The average Bonchev–Trinajstić information content (AvgIpc) is 3.17. The number of nitrogens with zero attached hydrogens (tertiary/aromatic N) is 1. The van der Waals surface area contributed by atoms with E-state index >= 15 is 0 Å². The Morgan fingerprint density at radius 1 is 1.10 bits per heavy atom. The summed E-state index contributed by atoms with van der Waals surface area (Å²) in [7, 11) is 0. The van der Waals surface area contributed by atoms with Gasteiger partial charge in [-0.05, 0) is 31.6 Å². The van der Waals surface area contributed by atoms with Gasteiger partial charge in [0, 0.05) is 19.0 Å². The Kier molecular flexibility index (Phi) is 3.27. The van der Waals surface area contributed by atoms with E-state index in [0.717, 1.165) is 12.8 Å². The molecule has 2 unspecified atom stereocenters. The highest BCUT2D eigenvalue weighted by Crippen LogP contribution is 2.46. The molecule has 3 fully saturated rings. The van der Waals surface area contributed by atoms with Gasteiger partial charge in [-0.3, -0.25) is 4.79 Å². The van der Waals surface area contributed by atoms with E-state index in [2.05, 4.69) is 0 Å². The Hall–Kier alpha value is -0.780. The van der Waals surface area contributed by atoms with Crippen molar-refractivity contribution in [2.24, 2.45) is 23.5 Å². The molecule has 3 nitrogen and oxygen atoms in total. The van der Waals surface area contributed by atoms with Gasteiger partial charge < -0.3 is 10.6 Å². The summed E-state index contributed by atoms with van der Waals surface area (Å²) in [6.45, 7) is 0.884. The predicted molar refractivity (Wildman–Crippen MR) is 67.7 cm³/mol. The van der Waals surface area contributed by atoms with Crippen molar-refractivity contribution in [3.8, 4) is 0 Å². The predicted octanol–water partition coefficient (Wildman–Crippen LogP) is 2.30. The largest absolute Gasteiger partial charge is 0.392 e. The minimum atomic E-state index is -4.26. The molecule has 1 aliphatic heterocycles. The molecule has 0 bridgehead atoms. The van der Waals surface area contributed by atoms with Crippen molar-refractivity contribution < 1.29 is 18.0 Å². The minimum Gasteiger partial charge on any atom is -0.339 e. The summed E-state index contributed by atoms with van der Waals surface area (Å²) in [5.74, 6) is -2.20. The number of halogens is 3. The highest BCUT2D eigenvalue weighted by molar-refractivity contribution is 5.80. The van der Waals surface area contributed by atoms with Gasteiger partial charge in [-0.25, -0.2) is 0 Å². The number of hydrogen-bond donors (Lipinski definition) is 1. The summed E-state index contributed by atoms with van der Waals surface area (Å²) in [6, 6.07) is 0. The van der Waals surface area contributed by atoms with E-state index in [1.807, 2.05) is 0 Å². The molecule has 0 aromatic rings. The lowest BCUT2D eigenvalue weighted by molar-refractivity contribution is -0.202. The van der Waals surface area contributed by atoms with E-state index in [1.54, 1.807) is 4.90 Å². The first-order valence-corrected chi connectivity index (χ1v) is 7.46. The number of amides is 1. The van der Waals surface area contributed by atoms with Crippen LogP contribution >= 0.6 is 0 Å². The van der Waals surface area contributed by atoms with Gasteiger partial charge in [0.1, 0.15) is 0 Å². The zero-order chi connectivity index (χ0) is 14.5. The maximum atomic E-state index is 13.0. The summed E-state index contributed by atoms with van der Waals surface area (Å²) in [6.07, 6.45) is -0.350. The van der Waals surface area contributed by atoms with Gasteiger partial charge in [0.15, 0.2) is 0 Å². The fourth-order valence-electron chi connectivity index (χ4n) is 3.79. The number of likely N-dealkylation sites (tertiary alicyclic amines) is 1.